The standard InChI is InChI=1S/C15H17O2P/c1-3-18(2,16-14-10-6-4-7-11-14)17-15-12-8-5-9-13-15/h3-13H,1-2H3. The van der Waals surface area contributed by atoms with Crippen LogP contribution in [0.1, 0.15) is 6.92 Å². The second-order valence-electron chi connectivity index (χ2n) is 3.98. The molecule has 2 aromatic carbocycles. The molecule has 0 unspecified atom stereocenters. The zero-order valence-corrected chi connectivity index (χ0v) is 11.5. The van der Waals surface area contributed by atoms with Gasteiger partial charge < -0.3 is 9.05 Å². The van der Waals surface area contributed by atoms with E-state index in [1.807, 2.05) is 80.0 Å². The van der Waals surface area contributed by atoms with E-state index in [-0.39, 0.29) is 0 Å². The van der Waals surface area contributed by atoms with Crippen LogP contribution in [-0.2, 0) is 0 Å². The van der Waals surface area contributed by atoms with E-state index in [0.29, 0.717) is 0 Å². The predicted molar refractivity (Wildman–Crippen MR) is 78.7 cm³/mol. The molecule has 0 N–H and O–H groups in total. The van der Waals surface area contributed by atoms with E-state index in [4.69, 9.17) is 9.05 Å². The fourth-order valence-electron chi connectivity index (χ4n) is 1.51. The summed E-state index contributed by atoms with van der Waals surface area (Å²) >= 11 is 0. The fraction of sp³-hybridized carbons (Fsp3) is 0.133. The van der Waals surface area contributed by atoms with Gasteiger partial charge in [-0.1, -0.05) is 36.4 Å². The summed E-state index contributed by atoms with van der Waals surface area (Å²) < 4.78 is 12.0. The molecule has 0 saturated carbocycles. The third-order valence-electron chi connectivity index (χ3n) is 2.53. The summed E-state index contributed by atoms with van der Waals surface area (Å²) in [4.78, 5) is 0. The molecule has 3 heteroatoms. The molecule has 18 heavy (non-hydrogen) atoms. The van der Waals surface area contributed by atoms with Gasteiger partial charge in [-0.05, 0) is 37.0 Å². The molecule has 0 aromatic heterocycles. The third kappa shape index (κ3) is 3.41. The molecule has 0 atom stereocenters. The summed E-state index contributed by atoms with van der Waals surface area (Å²) in [5.74, 6) is 3.68. The van der Waals surface area contributed by atoms with Crippen molar-refractivity contribution in [1.29, 1.82) is 0 Å². The van der Waals surface area contributed by atoms with Crippen LogP contribution in [0.2, 0.25) is 0 Å². The van der Waals surface area contributed by atoms with Crippen molar-refractivity contribution in [2.45, 2.75) is 6.92 Å². The van der Waals surface area contributed by atoms with Gasteiger partial charge in [-0.3, -0.25) is 0 Å². The van der Waals surface area contributed by atoms with E-state index < -0.39 is 7.34 Å². The maximum atomic E-state index is 5.99. The molecule has 2 nitrogen and oxygen atoms in total. The summed E-state index contributed by atoms with van der Waals surface area (Å²) in [7, 11) is -2.02. The molecule has 0 bridgehead atoms. The molecule has 0 saturated heterocycles. The second kappa shape index (κ2) is 5.79. The van der Waals surface area contributed by atoms with Crippen molar-refractivity contribution in [1.82, 2.24) is 0 Å². The topological polar surface area (TPSA) is 18.5 Å². The Morgan fingerprint density at radius 1 is 0.778 bits per heavy atom. The van der Waals surface area contributed by atoms with E-state index >= 15 is 0 Å². The minimum Gasteiger partial charge on any atom is -0.444 e. The van der Waals surface area contributed by atoms with Crippen molar-refractivity contribution in [2.75, 3.05) is 6.66 Å². The van der Waals surface area contributed by atoms with Crippen LogP contribution >= 0.6 is 7.34 Å². The normalized spacial score (nSPS) is 10.8. The highest BCUT2D eigenvalue weighted by molar-refractivity contribution is 7.65. The SMILES string of the molecule is CC=P(C)(Oc1ccccc1)Oc1ccccc1. The van der Waals surface area contributed by atoms with E-state index in [9.17, 15) is 0 Å². The summed E-state index contributed by atoms with van der Waals surface area (Å²) in [6.45, 7) is 3.98. The Morgan fingerprint density at radius 2 is 1.17 bits per heavy atom. The van der Waals surface area contributed by atoms with Crippen molar-refractivity contribution >= 4 is 13.1 Å². The van der Waals surface area contributed by atoms with Crippen molar-refractivity contribution < 1.29 is 9.05 Å². The van der Waals surface area contributed by atoms with Crippen molar-refractivity contribution in [2.24, 2.45) is 0 Å². The Bertz CT molecular complexity index is 489. The maximum Gasteiger partial charge on any atom is 0.215 e. The van der Waals surface area contributed by atoms with E-state index in [0.717, 1.165) is 11.5 Å². The number of benzene rings is 2. The van der Waals surface area contributed by atoms with E-state index in [1.165, 1.54) is 0 Å². The van der Waals surface area contributed by atoms with E-state index in [2.05, 4.69) is 0 Å². The van der Waals surface area contributed by atoms with Gasteiger partial charge in [0.25, 0.3) is 0 Å². The summed E-state index contributed by atoms with van der Waals surface area (Å²) in [6.07, 6.45) is 0. The predicted octanol–water partition coefficient (Wildman–Crippen LogP) is 4.44. The van der Waals surface area contributed by atoms with Crippen LogP contribution in [0.3, 0.4) is 0 Å². The first-order chi connectivity index (χ1) is 8.72. The average molecular weight is 260 g/mol. The smallest absolute Gasteiger partial charge is 0.215 e. The lowest BCUT2D eigenvalue weighted by molar-refractivity contribution is 0.491. The average Bonchev–Trinajstić information content (AvgIpc) is 2.41. The summed E-state index contributed by atoms with van der Waals surface area (Å²) in [6, 6.07) is 19.5. The molecular weight excluding hydrogens is 243 g/mol. The minimum atomic E-state index is -2.02. The summed E-state index contributed by atoms with van der Waals surface area (Å²) in [5, 5.41) is 0. The van der Waals surface area contributed by atoms with Gasteiger partial charge in [0, 0.05) is 6.66 Å². The highest BCUT2D eigenvalue weighted by Crippen LogP contribution is 2.45. The molecule has 0 fully saturated rings. The number of rotatable bonds is 4. The van der Waals surface area contributed by atoms with Gasteiger partial charge in [-0.15, -0.1) is 0 Å². The van der Waals surface area contributed by atoms with E-state index in [1.54, 1.807) is 0 Å². The fourth-order valence-corrected chi connectivity index (χ4v) is 2.83. The Labute approximate surface area is 108 Å². The third-order valence-corrected chi connectivity index (χ3v) is 4.61. The Hall–Kier alpha value is -1.66. The van der Waals surface area contributed by atoms with Crippen molar-refractivity contribution in [3.63, 3.8) is 0 Å². The zero-order valence-electron chi connectivity index (χ0n) is 10.6. The van der Waals surface area contributed by atoms with Gasteiger partial charge in [-0.2, -0.15) is 0 Å². The number of hydrogen-bond donors (Lipinski definition) is 0. The molecule has 2 rings (SSSR count). The summed E-state index contributed by atoms with van der Waals surface area (Å²) in [5.41, 5.74) is 0. The van der Waals surface area contributed by atoms with Gasteiger partial charge >= 0.3 is 0 Å². The number of hydrogen-bond acceptors (Lipinski definition) is 2. The van der Waals surface area contributed by atoms with Crippen molar-refractivity contribution in [3.8, 4) is 11.5 Å². The van der Waals surface area contributed by atoms with Crippen LogP contribution < -0.4 is 9.05 Å². The molecule has 0 aliphatic carbocycles. The quantitative estimate of drug-likeness (QED) is 0.756. The van der Waals surface area contributed by atoms with Crippen molar-refractivity contribution in [3.05, 3.63) is 60.7 Å². The molecule has 0 spiro atoms. The lowest BCUT2D eigenvalue weighted by atomic mass is 10.3. The highest BCUT2D eigenvalue weighted by atomic mass is 31.2. The molecule has 2 aromatic rings. The Morgan fingerprint density at radius 3 is 1.50 bits per heavy atom. The van der Waals surface area contributed by atoms with Crippen LogP contribution in [0, 0.1) is 0 Å². The lowest BCUT2D eigenvalue weighted by Gasteiger charge is -2.23. The van der Waals surface area contributed by atoms with Crippen LogP contribution in [0.25, 0.3) is 0 Å². The van der Waals surface area contributed by atoms with Crippen LogP contribution in [0.15, 0.2) is 60.7 Å². The molecule has 0 aliphatic rings. The van der Waals surface area contributed by atoms with Gasteiger partial charge in [0.15, 0.2) is 0 Å². The van der Waals surface area contributed by atoms with Gasteiger partial charge in [-0.25, -0.2) is 0 Å². The Kier molecular flexibility index (Phi) is 4.11. The first-order valence-corrected chi connectivity index (χ1v) is 8.02. The first-order valence-electron chi connectivity index (χ1n) is 5.88. The Balaban J connectivity index is 2.17. The monoisotopic (exact) mass is 260 g/mol. The van der Waals surface area contributed by atoms with Crippen LogP contribution in [0.4, 0.5) is 0 Å². The largest absolute Gasteiger partial charge is 0.444 e. The van der Waals surface area contributed by atoms with Gasteiger partial charge in [0.2, 0.25) is 7.34 Å². The molecule has 0 amide bonds. The molecular formula is C15H17O2P. The molecule has 0 aliphatic heterocycles. The highest BCUT2D eigenvalue weighted by Gasteiger charge is 2.14. The zero-order chi connectivity index (χ0) is 12.8. The lowest BCUT2D eigenvalue weighted by Crippen LogP contribution is -2.01. The first kappa shape index (κ1) is 12.8. The van der Waals surface area contributed by atoms with Crippen LogP contribution in [0.5, 0.6) is 11.5 Å². The minimum absolute atomic E-state index is 0.836. The second-order valence-corrected chi connectivity index (χ2v) is 6.67. The molecule has 94 valence electrons. The maximum absolute atomic E-state index is 5.99. The molecule has 0 heterocycles. The van der Waals surface area contributed by atoms with Crippen LogP contribution in [-0.4, -0.2) is 12.5 Å². The van der Waals surface area contributed by atoms with Gasteiger partial charge in [0.05, 0.1) is 0 Å². The molecule has 0 radical (unpaired) electrons. The van der Waals surface area contributed by atoms with Gasteiger partial charge in [0.1, 0.15) is 11.5 Å². The number of para-hydroxylation sites is 2.